The van der Waals surface area contributed by atoms with E-state index >= 15 is 0 Å². The van der Waals surface area contributed by atoms with E-state index in [1.807, 2.05) is 4.72 Å². The van der Waals surface area contributed by atoms with E-state index in [-0.39, 0.29) is 17.3 Å². The second-order valence-electron chi connectivity index (χ2n) is 4.07. The fourth-order valence-electron chi connectivity index (χ4n) is 1.66. The Morgan fingerprint density at radius 3 is 2.70 bits per heavy atom. The number of benzene rings is 1. The third-order valence-corrected chi connectivity index (χ3v) is 4.01. The molecule has 0 radical (unpaired) electrons. The first-order valence-electron chi connectivity index (χ1n) is 5.57. The average molecular weight is 302 g/mol. The molecular weight excluding hydrogens is 290 g/mol. The molecule has 108 valence electrons. The van der Waals surface area contributed by atoms with Crippen molar-refractivity contribution in [3.63, 3.8) is 0 Å². The third kappa shape index (κ3) is 2.63. The van der Waals surface area contributed by atoms with Gasteiger partial charge in [-0.1, -0.05) is 0 Å². The minimum Gasteiger partial charge on any atom is -0.326 e. The average Bonchev–Trinajstić information content (AvgIpc) is 2.74. The molecule has 0 aliphatic rings. The molecule has 6 nitrogen and oxygen atoms in total. The van der Waals surface area contributed by atoms with Crippen LogP contribution in [0.1, 0.15) is 11.3 Å². The molecule has 4 N–H and O–H groups in total. The summed E-state index contributed by atoms with van der Waals surface area (Å²) in [6.45, 7) is 1.58. The van der Waals surface area contributed by atoms with Crippen molar-refractivity contribution in [1.29, 1.82) is 0 Å². The highest BCUT2D eigenvalue weighted by Crippen LogP contribution is 2.21. The first-order chi connectivity index (χ1) is 9.35. The van der Waals surface area contributed by atoms with E-state index in [1.54, 1.807) is 6.92 Å². The summed E-state index contributed by atoms with van der Waals surface area (Å²) in [6, 6.07) is 2.52. The lowest BCUT2D eigenvalue weighted by Gasteiger charge is -2.08. The van der Waals surface area contributed by atoms with E-state index in [0.717, 1.165) is 12.1 Å². The molecule has 20 heavy (non-hydrogen) atoms. The maximum absolute atomic E-state index is 13.5. The second kappa shape index (κ2) is 5.17. The number of aromatic amines is 1. The normalized spacial score (nSPS) is 11.6. The molecule has 0 unspecified atom stereocenters. The van der Waals surface area contributed by atoms with Gasteiger partial charge in [0, 0.05) is 23.9 Å². The predicted octanol–water partition coefficient (Wildman–Crippen LogP) is 1.26. The quantitative estimate of drug-likeness (QED) is 0.791. The van der Waals surface area contributed by atoms with Crippen LogP contribution in [0.4, 0.5) is 14.5 Å². The summed E-state index contributed by atoms with van der Waals surface area (Å²) in [5.74, 6) is -1.82. The Morgan fingerprint density at radius 1 is 1.40 bits per heavy atom. The summed E-state index contributed by atoms with van der Waals surface area (Å²) < 4.78 is 52.5. The zero-order valence-corrected chi connectivity index (χ0v) is 11.3. The number of aromatic nitrogens is 2. The number of anilines is 1. The summed E-state index contributed by atoms with van der Waals surface area (Å²) in [5, 5.41) is 5.85. The number of nitrogens with zero attached hydrogens (tertiary/aromatic N) is 1. The number of nitrogens with one attached hydrogen (secondary N) is 2. The number of sulfonamides is 1. The molecule has 0 spiro atoms. The minimum absolute atomic E-state index is 0.0372. The highest BCUT2D eigenvalue weighted by atomic mass is 32.2. The molecule has 0 aliphatic heterocycles. The predicted molar refractivity (Wildman–Crippen MR) is 68.4 cm³/mol. The van der Waals surface area contributed by atoms with Gasteiger partial charge in [0.05, 0.1) is 5.69 Å². The molecule has 0 atom stereocenters. The smallest absolute Gasteiger partial charge is 0.281 e. The number of halogens is 2. The van der Waals surface area contributed by atoms with E-state index in [1.165, 1.54) is 0 Å². The van der Waals surface area contributed by atoms with Crippen molar-refractivity contribution < 1.29 is 17.2 Å². The molecule has 0 saturated carbocycles. The van der Waals surface area contributed by atoms with Gasteiger partial charge >= 0.3 is 0 Å². The zero-order chi connectivity index (χ0) is 14.9. The molecule has 0 amide bonds. The Kier molecular flexibility index (Phi) is 3.73. The van der Waals surface area contributed by atoms with Crippen LogP contribution in [0.15, 0.2) is 23.2 Å². The van der Waals surface area contributed by atoms with Crippen molar-refractivity contribution in [2.45, 2.75) is 18.5 Å². The highest BCUT2D eigenvalue weighted by Gasteiger charge is 2.24. The van der Waals surface area contributed by atoms with Gasteiger partial charge in [-0.25, -0.2) is 8.78 Å². The first kappa shape index (κ1) is 14.4. The van der Waals surface area contributed by atoms with Gasteiger partial charge in [0.15, 0.2) is 0 Å². The van der Waals surface area contributed by atoms with Crippen LogP contribution >= 0.6 is 0 Å². The van der Waals surface area contributed by atoms with E-state index in [0.29, 0.717) is 17.3 Å². The number of hydrogen-bond acceptors (Lipinski definition) is 4. The molecule has 2 aromatic rings. The maximum atomic E-state index is 13.5. The topological polar surface area (TPSA) is 101 Å². The molecule has 0 saturated heterocycles. The van der Waals surface area contributed by atoms with Crippen LogP contribution in [-0.2, 0) is 16.6 Å². The Balaban J connectivity index is 2.41. The van der Waals surface area contributed by atoms with Gasteiger partial charge < -0.3 is 5.73 Å². The number of rotatable bonds is 4. The molecule has 1 aromatic carbocycles. The van der Waals surface area contributed by atoms with Crippen molar-refractivity contribution in [3.8, 4) is 0 Å². The maximum Gasteiger partial charge on any atom is 0.281 e. The van der Waals surface area contributed by atoms with Crippen LogP contribution in [0.25, 0.3) is 0 Å². The monoisotopic (exact) mass is 302 g/mol. The molecular formula is C11H12F2N4O2S. The first-order valence-corrected chi connectivity index (χ1v) is 7.05. The van der Waals surface area contributed by atoms with Crippen molar-refractivity contribution >= 4 is 15.7 Å². The van der Waals surface area contributed by atoms with Gasteiger partial charge in [-0.2, -0.15) is 13.5 Å². The minimum atomic E-state index is -4.11. The van der Waals surface area contributed by atoms with Crippen molar-refractivity contribution in [2.24, 2.45) is 5.73 Å². The number of hydrogen-bond donors (Lipinski definition) is 3. The summed E-state index contributed by atoms with van der Waals surface area (Å²) in [5.41, 5.74) is 5.91. The largest absolute Gasteiger partial charge is 0.326 e. The third-order valence-electron chi connectivity index (χ3n) is 2.67. The van der Waals surface area contributed by atoms with Gasteiger partial charge in [0.2, 0.25) is 5.03 Å². The lowest BCUT2D eigenvalue weighted by Crippen LogP contribution is -2.17. The lowest BCUT2D eigenvalue weighted by molar-refractivity contribution is 0.581. The molecule has 0 fully saturated rings. The van der Waals surface area contributed by atoms with Gasteiger partial charge in [-0.15, -0.1) is 0 Å². The highest BCUT2D eigenvalue weighted by molar-refractivity contribution is 7.92. The van der Waals surface area contributed by atoms with Crippen LogP contribution in [0.2, 0.25) is 0 Å². The molecule has 0 bridgehead atoms. The van der Waals surface area contributed by atoms with Crippen LogP contribution in [0.5, 0.6) is 0 Å². The van der Waals surface area contributed by atoms with Crippen LogP contribution in [-0.4, -0.2) is 18.6 Å². The number of H-pyrrole nitrogens is 1. The zero-order valence-electron chi connectivity index (χ0n) is 10.4. The summed E-state index contributed by atoms with van der Waals surface area (Å²) in [6.07, 6.45) is 0. The Bertz CT molecular complexity index is 743. The van der Waals surface area contributed by atoms with Crippen molar-refractivity contribution in [1.82, 2.24) is 10.2 Å². The lowest BCUT2D eigenvalue weighted by atomic mass is 10.3. The summed E-state index contributed by atoms with van der Waals surface area (Å²) in [7, 11) is -4.11. The van der Waals surface area contributed by atoms with Gasteiger partial charge in [0.25, 0.3) is 10.0 Å². The van der Waals surface area contributed by atoms with E-state index in [2.05, 4.69) is 10.2 Å². The Morgan fingerprint density at radius 2 is 2.10 bits per heavy atom. The number of nitrogens with two attached hydrogens (primary N) is 1. The van der Waals surface area contributed by atoms with Crippen LogP contribution in [0, 0.1) is 18.6 Å². The van der Waals surface area contributed by atoms with Gasteiger partial charge in [-0.3, -0.25) is 9.82 Å². The van der Waals surface area contributed by atoms with Crippen molar-refractivity contribution in [2.75, 3.05) is 4.72 Å². The Labute approximate surface area is 114 Å². The SMILES string of the molecule is Cc1[nH]nc(S(=O)(=O)Nc2ccc(F)cc2F)c1CN. The fraction of sp³-hybridized carbons (Fsp3) is 0.182. The standard InChI is InChI=1S/C11H12F2N4O2S/c1-6-8(5-14)11(16-15-6)20(18,19)17-10-3-2-7(12)4-9(10)13/h2-4,17H,5,14H2,1H3,(H,15,16). The molecule has 2 rings (SSSR count). The summed E-state index contributed by atoms with van der Waals surface area (Å²) in [4.78, 5) is 0. The molecule has 0 aliphatic carbocycles. The van der Waals surface area contributed by atoms with Gasteiger partial charge in [-0.05, 0) is 19.1 Å². The van der Waals surface area contributed by atoms with Crippen molar-refractivity contribution in [3.05, 3.63) is 41.1 Å². The Hall–Kier alpha value is -2.00. The number of aryl methyl sites for hydroxylation is 1. The van der Waals surface area contributed by atoms with E-state index in [9.17, 15) is 17.2 Å². The van der Waals surface area contributed by atoms with Gasteiger partial charge in [0.1, 0.15) is 11.6 Å². The molecule has 1 aromatic heterocycles. The molecule has 9 heteroatoms. The molecule has 1 heterocycles. The van der Waals surface area contributed by atoms with Crippen LogP contribution in [0.3, 0.4) is 0 Å². The van der Waals surface area contributed by atoms with E-state index in [4.69, 9.17) is 5.73 Å². The fourth-order valence-corrected chi connectivity index (χ4v) is 2.94. The van der Waals surface area contributed by atoms with Crippen LogP contribution < -0.4 is 10.5 Å². The van der Waals surface area contributed by atoms with E-state index < -0.39 is 21.7 Å². The summed E-state index contributed by atoms with van der Waals surface area (Å²) >= 11 is 0. The second-order valence-corrected chi connectivity index (χ2v) is 5.66.